The first-order valence-corrected chi connectivity index (χ1v) is 11.5. The molecule has 3 rings (SSSR count). The van der Waals surface area contributed by atoms with E-state index in [0.29, 0.717) is 11.1 Å². The smallest absolute Gasteiger partial charge is 0.461 e. The molecular weight excluding hydrogens is 460 g/mol. The zero-order valence-corrected chi connectivity index (χ0v) is 19.7. The van der Waals surface area contributed by atoms with Crippen molar-refractivity contribution in [2.45, 2.75) is 36.7 Å². The van der Waals surface area contributed by atoms with Crippen LogP contribution < -0.4 is 0 Å². The van der Waals surface area contributed by atoms with Gasteiger partial charge in [0.1, 0.15) is 18.6 Å². The number of ether oxygens (including phenoxy) is 4. The highest BCUT2D eigenvalue weighted by Gasteiger charge is 2.49. The van der Waals surface area contributed by atoms with Crippen LogP contribution in [0.2, 0.25) is 0 Å². The fourth-order valence-corrected chi connectivity index (χ4v) is 4.43. The summed E-state index contributed by atoms with van der Waals surface area (Å²) in [5.41, 5.74) is 1.39. The molecule has 1 saturated heterocycles. The lowest BCUT2D eigenvalue weighted by Gasteiger charge is -2.24. The maximum atomic E-state index is 12.8. The number of benzene rings is 2. The summed E-state index contributed by atoms with van der Waals surface area (Å²) in [6.45, 7) is 6.98. The van der Waals surface area contributed by atoms with Gasteiger partial charge in [0.15, 0.2) is 12.2 Å². The molecule has 0 radical (unpaired) electrons. The molecule has 1 aliphatic heterocycles. The first-order chi connectivity index (χ1) is 16.3. The Morgan fingerprint density at radius 2 is 1.44 bits per heavy atom. The maximum Gasteiger partial charge on any atom is 0.509 e. The van der Waals surface area contributed by atoms with Gasteiger partial charge in [-0.2, -0.15) is 0 Å². The van der Waals surface area contributed by atoms with Crippen molar-refractivity contribution in [2.24, 2.45) is 0 Å². The molecular formula is C25H26O8S. The van der Waals surface area contributed by atoms with Crippen LogP contribution in [0.25, 0.3) is 0 Å². The van der Waals surface area contributed by atoms with E-state index in [-0.39, 0.29) is 13.2 Å². The molecule has 1 aliphatic rings. The number of hydrogen-bond donors (Lipinski definition) is 1. The molecule has 34 heavy (non-hydrogen) atoms. The molecule has 2 aromatic carbocycles. The van der Waals surface area contributed by atoms with Gasteiger partial charge in [0.05, 0.1) is 16.4 Å². The summed E-state index contributed by atoms with van der Waals surface area (Å²) < 4.78 is 21.1. The van der Waals surface area contributed by atoms with E-state index in [1.807, 2.05) is 13.8 Å². The molecule has 9 heteroatoms. The lowest BCUT2D eigenvalue weighted by atomic mass is 10.1. The Morgan fingerprint density at radius 1 is 0.882 bits per heavy atom. The Bertz CT molecular complexity index is 1020. The van der Waals surface area contributed by atoms with Gasteiger partial charge >= 0.3 is 18.1 Å². The van der Waals surface area contributed by atoms with Gasteiger partial charge in [-0.1, -0.05) is 48.0 Å². The van der Waals surface area contributed by atoms with Crippen molar-refractivity contribution in [1.82, 2.24) is 0 Å². The van der Waals surface area contributed by atoms with E-state index in [2.05, 4.69) is 6.58 Å². The quantitative estimate of drug-likeness (QED) is 0.338. The van der Waals surface area contributed by atoms with E-state index in [4.69, 9.17) is 18.9 Å². The molecule has 0 aromatic heterocycles. The van der Waals surface area contributed by atoms with E-state index in [1.165, 1.54) is 6.08 Å². The van der Waals surface area contributed by atoms with E-state index < -0.39 is 41.0 Å². The second-order valence-corrected chi connectivity index (χ2v) is 9.06. The summed E-state index contributed by atoms with van der Waals surface area (Å²) in [5.74, 6) is -1.23. The zero-order chi connectivity index (χ0) is 24.7. The van der Waals surface area contributed by atoms with E-state index >= 15 is 0 Å². The van der Waals surface area contributed by atoms with Crippen LogP contribution in [0.1, 0.15) is 31.8 Å². The standard InChI is InChI=1S/C25H26O8S/c1-4-13-30-25(29)33-21-20(32-23(27)18-11-7-16(3)8-12-18)19(34-24(21)28)14-31-22(26)17-9-5-15(2)6-10-17/h4-12,19-21,24,28H,1,13-14H2,2-3H3. The SMILES string of the molecule is C=CCOC(=O)OC1C(O)SC(COC(=O)c2ccc(C)cc2)C1OC(=O)c1ccc(C)cc1. The minimum atomic E-state index is -1.23. The minimum Gasteiger partial charge on any atom is -0.461 e. The van der Waals surface area contributed by atoms with Crippen LogP contribution in [-0.2, 0) is 18.9 Å². The summed E-state index contributed by atoms with van der Waals surface area (Å²) in [4.78, 5) is 37.2. The molecule has 4 atom stereocenters. The third kappa shape index (κ3) is 6.61. The Kier molecular flexibility index (Phi) is 8.72. The lowest BCUT2D eigenvalue weighted by Crippen LogP contribution is -2.42. The van der Waals surface area contributed by atoms with E-state index in [1.54, 1.807) is 48.5 Å². The summed E-state index contributed by atoms with van der Waals surface area (Å²) in [7, 11) is 0. The Balaban J connectivity index is 1.73. The number of esters is 2. The van der Waals surface area contributed by atoms with Crippen LogP contribution in [0.15, 0.2) is 61.2 Å². The van der Waals surface area contributed by atoms with Gasteiger partial charge in [0, 0.05) is 0 Å². The number of hydrogen-bond acceptors (Lipinski definition) is 9. The second-order valence-electron chi connectivity index (χ2n) is 7.70. The molecule has 0 spiro atoms. The number of aryl methyl sites for hydroxylation is 2. The number of aliphatic hydroxyl groups excluding tert-OH is 1. The summed E-state index contributed by atoms with van der Waals surface area (Å²) in [5, 5.41) is 9.83. The van der Waals surface area contributed by atoms with Gasteiger partial charge in [0.2, 0.25) is 0 Å². The fourth-order valence-electron chi connectivity index (χ4n) is 3.19. The van der Waals surface area contributed by atoms with Crippen LogP contribution >= 0.6 is 11.8 Å². The fraction of sp³-hybridized carbons (Fsp3) is 0.320. The van der Waals surface area contributed by atoms with Gasteiger partial charge in [-0.25, -0.2) is 14.4 Å². The van der Waals surface area contributed by atoms with Gasteiger partial charge in [-0.3, -0.25) is 0 Å². The summed E-state index contributed by atoms with van der Waals surface area (Å²) in [6.07, 6.45) is -1.99. The highest BCUT2D eigenvalue weighted by molar-refractivity contribution is 8.00. The molecule has 0 aliphatic carbocycles. The van der Waals surface area contributed by atoms with Crippen molar-refractivity contribution < 1.29 is 38.4 Å². The van der Waals surface area contributed by atoms with Crippen molar-refractivity contribution in [3.63, 3.8) is 0 Å². The topological polar surface area (TPSA) is 108 Å². The first kappa shape index (κ1) is 25.3. The molecule has 180 valence electrons. The minimum absolute atomic E-state index is 0.0831. The van der Waals surface area contributed by atoms with E-state index in [9.17, 15) is 19.5 Å². The Hall–Kier alpha value is -3.30. The van der Waals surface area contributed by atoms with Gasteiger partial charge in [0.25, 0.3) is 0 Å². The average molecular weight is 487 g/mol. The molecule has 0 amide bonds. The molecule has 8 nitrogen and oxygen atoms in total. The zero-order valence-electron chi connectivity index (χ0n) is 18.8. The normalized spacial score (nSPS) is 21.4. The molecule has 1 N–H and O–H groups in total. The molecule has 4 unspecified atom stereocenters. The Labute approximate surface area is 201 Å². The number of rotatable bonds is 8. The number of aliphatic hydroxyl groups is 1. The molecule has 1 heterocycles. The Morgan fingerprint density at radius 3 is 2.00 bits per heavy atom. The van der Waals surface area contributed by atoms with Crippen LogP contribution in [0.4, 0.5) is 4.79 Å². The maximum absolute atomic E-state index is 12.8. The van der Waals surface area contributed by atoms with Gasteiger partial charge < -0.3 is 24.1 Å². The van der Waals surface area contributed by atoms with Crippen molar-refractivity contribution >= 4 is 29.9 Å². The van der Waals surface area contributed by atoms with Crippen LogP contribution in [-0.4, -0.2) is 59.3 Å². The summed E-state index contributed by atoms with van der Waals surface area (Å²) in [6, 6.07) is 13.6. The van der Waals surface area contributed by atoms with Crippen molar-refractivity contribution in [3.8, 4) is 0 Å². The van der Waals surface area contributed by atoms with Crippen molar-refractivity contribution in [3.05, 3.63) is 83.4 Å². The third-order valence-corrected chi connectivity index (χ3v) is 6.33. The number of carbonyl (C=O) groups is 3. The number of thioether (sulfide) groups is 1. The van der Waals surface area contributed by atoms with Gasteiger partial charge in [-0.15, -0.1) is 11.8 Å². The average Bonchev–Trinajstić information content (AvgIpc) is 3.10. The third-order valence-electron chi connectivity index (χ3n) is 5.03. The van der Waals surface area contributed by atoms with Crippen LogP contribution in [0, 0.1) is 13.8 Å². The van der Waals surface area contributed by atoms with E-state index in [0.717, 1.165) is 22.9 Å². The monoisotopic (exact) mass is 486 g/mol. The lowest BCUT2D eigenvalue weighted by molar-refractivity contribution is -0.0645. The predicted octanol–water partition coefficient (Wildman–Crippen LogP) is 3.83. The van der Waals surface area contributed by atoms with Crippen LogP contribution in [0.3, 0.4) is 0 Å². The molecule has 2 aromatic rings. The summed E-state index contributed by atoms with van der Waals surface area (Å²) >= 11 is 0.975. The highest BCUT2D eigenvalue weighted by atomic mass is 32.2. The molecule has 0 bridgehead atoms. The van der Waals surface area contributed by atoms with Gasteiger partial charge in [-0.05, 0) is 38.1 Å². The van der Waals surface area contributed by atoms with Crippen molar-refractivity contribution in [1.29, 1.82) is 0 Å². The highest BCUT2D eigenvalue weighted by Crippen LogP contribution is 2.37. The largest absolute Gasteiger partial charge is 0.509 e. The first-order valence-electron chi connectivity index (χ1n) is 10.6. The second kappa shape index (κ2) is 11.7. The molecule has 0 saturated carbocycles. The molecule has 1 fully saturated rings. The van der Waals surface area contributed by atoms with Crippen molar-refractivity contribution in [2.75, 3.05) is 13.2 Å². The van der Waals surface area contributed by atoms with Crippen LogP contribution in [0.5, 0.6) is 0 Å². The number of carbonyl (C=O) groups excluding carboxylic acids is 3. The predicted molar refractivity (Wildman–Crippen MR) is 126 cm³/mol.